The van der Waals surface area contributed by atoms with Gasteiger partial charge in [-0.3, -0.25) is 0 Å². The SMILES string of the molecule is C=C(C)c1ccc(-c2ccc(Oc3ccc(C)cc3)cc2)cc1. The second kappa shape index (κ2) is 6.53. The van der Waals surface area contributed by atoms with Gasteiger partial charge >= 0.3 is 0 Å². The van der Waals surface area contributed by atoms with Gasteiger partial charge in [0.25, 0.3) is 0 Å². The number of allylic oxidation sites excluding steroid dienone is 1. The van der Waals surface area contributed by atoms with Gasteiger partial charge in [-0.25, -0.2) is 0 Å². The molecule has 3 aromatic rings. The average Bonchev–Trinajstić information content (AvgIpc) is 2.58. The third-order valence-corrected chi connectivity index (χ3v) is 3.82. The molecule has 23 heavy (non-hydrogen) atoms. The van der Waals surface area contributed by atoms with E-state index in [2.05, 4.69) is 49.9 Å². The van der Waals surface area contributed by atoms with Crippen LogP contribution in [0.4, 0.5) is 0 Å². The van der Waals surface area contributed by atoms with Crippen LogP contribution >= 0.6 is 0 Å². The molecule has 0 N–H and O–H groups in total. The Labute approximate surface area is 137 Å². The van der Waals surface area contributed by atoms with Crippen LogP contribution in [0.1, 0.15) is 18.1 Å². The van der Waals surface area contributed by atoms with E-state index in [1.807, 2.05) is 43.3 Å². The van der Waals surface area contributed by atoms with Gasteiger partial charge in [0.2, 0.25) is 0 Å². The third kappa shape index (κ3) is 3.70. The first-order valence-corrected chi connectivity index (χ1v) is 7.73. The first-order valence-electron chi connectivity index (χ1n) is 7.73. The Kier molecular flexibility index (Phi) is 4.29. The Morgan fingerprint density at radius 2 is 1.13 bits per heavy atom. The fourth-order valence-corrected chi connectivity index (χ4v) is 2.41. The predicted molar refractivity (Wildman–Crippen MR) is 97.8 cm³/mol. The third-order valence-electron chi connectivity index (χ3n) is 3.82. The van der Waals surface area contributed by atoms with E-state index in [9.17, 15) is 0 Å². The Morgan fingerprint density at radius 3 is 1.61 bits per heavy atom. The van der Waals surface area contributed by atoms with Crippen molar-refractivity contribution in [1.29, 1.82) is 0 Å². The second-order valence-corrected chi connectivity index (χ2v) is 5.80. The van der Waals surface area contributed by atoms with Crippen molar-refractivity contribution in [2.45, 2.75) is 13.8 Å². The zero-order valence-corrected chi connectivity index (χ0v) is 13.5. The van der Waals surface area contributed by atoms with Crippen molar-refractivity contribution >= 4 is 5.57 Å². The van der Waals surface area contributed by atoms with Gasteiger partial charge in [0.1, 0.15) is 11.5 Å². The van der Waals surface area contributed by atoms with Crippen LogP contribution in [-0.4, -0.2) is 0 Å². The number of rotatable bonds is 4. The van der Waals surface area contributed by atoms with Gasteiger partial charge in [-0.05, 0) is 54.8 Å². The lowest BCUT2D eigenvalue weighted by atomic mass is 10.0. The normalized spacial score (nSPS) is 10.3. The summed E-state index contributed by atoms with van der Waals surface area (Å²) in [7, 11) is 0. The van der Waals surface area contributed by atoms with Crippen LogP contribution in [-0.2, 0) is 0 Å². The van der Waals surface area contributed by atoms with Crippen molar-refractivity contribution in [3.05, 3.63) is 90.5 Å². The summed E-state index contributed by atoms with van der Waals surface area (Å²) in [5.74, 6) is 1.70. The maximum Gasteiger partial charge on any atom is 0.127 e. The molecule has 0 aliphatic rings. The molecule has 0 fully saturated rings. The first-order chi connectivity index (χ1) is 11.1. The fraction of sp³-hybridized carbons (Fsp3) is 0.0909. The minimum atomic E-state index is 0.844. The quantitative estimate of drug-likeness (QED) is 0.535. The monoisotopic (exact) mass is 300 g/mol. The van der Waals surface area contributed by atoms with Gasteiger partial charge in [-0.15, -0.1) is 0 Å². The lowest BCUT2D eigenvalue weighted by Gasteiger charge is -2.08. The lowest BCUT2D eigenvalue weighted by molar-refractivity contribution is 0.482. The molecular weight excluding hydrogens is 280 g/mol. The van der Waals surface area contributed by atoms with E-state index in [1.54, 1.807) is 0 Å². The fourth-order valence-electron chi connectivity index (χ4n) is 2.41. The minimum Gasteiger partial charge on any atom is -0.457 e. The molecule has 0 aliphatic carbocycles. The summed E-state index contributed by atoms with van der Waals surface area (Å²) in [6.07, 6.45) is 0. The largest absolute Gasteiger partial charge is 0.457 e. The number of aryl methyl sites for hydroxylation is 1. The van der Waals surface area contributed by atoms with Crippen LogP contribution in [0.25, 0.3) is 16.7 Å². The second-order valence-electron chi connectivity index (χ2n) is 5.80. The topological polar surface area (TPSA) is 9.23 Å². The molecule has 0 radical (unpaired) electrons. The van der Waals surface area contributed by atoms with Crippen molar-refractivity contribution in [3.63, 3.8) is 0 Å². The van der Waals surface area contributed by atoms with Gasteiger partial charge in [0, 0.05) is 0 Å². The maximum absolute atomic E-state index is 5.86. The zero-order chi connectivity index (χ0) is 16.2. The average molecular weight is 300 g/mol. The van der Waals surface area contributed by atoms with Gasteiger partial charge in [-0.1, -0.05) is 66.2 Å². The summed E-state index contributed by atoms with van der Waals surface area (Å²) in [6.45, 7) is 8.06. The molecule has 0 atom stereocenters. The molecule has 0 aromatic heterocycles. The lowest BCUT2D eigenvalue weighted by Crippen LogP contribution is -1.85. The van der Waals surface area contributed by atoms with Crippen molar-refractivity contribution in [2.75, 3.05) is 0 Å². The summed E-state index contributed by atoms with van der Waals surface area (Å²) in [5.41, 5.74) is 5.85. The molecule has 3 aromatic carbocycles. The zero-order valence-electron chi connectivity index (χ0n) is 13.5. The van der Waals surface area contributed by atoms with Crippen LogP contribution in [0, 0.1) is 6.92 Å². The molecule has 114 valence electrons. The summed E-state index contributed by atoms with van der Waals surface area (Å²) in [6, 6.07) is 24.7. The van der Waals surface area contributed by atoms with Crippen LogP contribution in [0.15, 0.2) is 79.4 Å². The van der Waals surface area contributed by atoms with E-state index >= 15 is 0 Å². The standard InChI is InChI=1S/C22H20O/c1-16(2)18-6-8-19(9-7-18)20-10-14-22(15-11-20)23-21-12-4-17(3)5-13-21/h4-15H,1H2,2-3H3. The molecule has 0 amide bonds. The number of ether oxygens (including phenoxy) is 1. The molecule has 0 spiro atoms. The van der Waals surface area contributed by atoms with Crippen LogP contribution < -0.4 is 4.74 Å². The smallest absolute Gasteiger partial charge is 0.127 e. The molecule has 0 saturated heterocycles. The highest BCUT2D eigenvalue weighted by molar-refractivity contribution is 5.69. The van der Waals surface area contributed by atoms with Gasteiger partial charge in [-0.2, -0.15) is 0 Å². The highest BCUT2D eigenvalue weighted by Crippen LogP contribution is 2.26. The van der Waals surface area contributed by atoms with Crippen molar-refractivity contribution in [1.82, 2.24) is 0 Å². The van der Waals surface area contributed by atoms with Crippen molar-refractivity contribution in [3.8, 4) is 22.6 Å². The van der Waals surface area contributed by atoms with E-state index in [1.165, 1.54) is 22.3 Å². The van der Waals surface area contributed by atoms with Crippen molar-refractivity contribution < 1.29 is 4.74 Å². The summed E-state index contributed by atoms with van der Waals surface area (Å²) < 4.78 is 5.86. The Hall–Kier alpha value is -2.80. The molecule has 3 rings (SSSR count). The molecule has 1 nitrogen and oxygen atoms in total. The summed E-state index contributed by atoms with van der Waals surface area (Å²) in [5, 5.41) is 0. The summed E-state index contributed by atoms with van der Waals surface area (Å²) >= 11 is 0. The maximum atomic E-state index is 5.86. The van der Waals surface area contributed by atoms with E-state index in [4.69, 9.17) is 4.74 Å². The Balaban J connectivity index is 1.76. The Morgan fingerprint density at radius 1 is 0.696 bits per heavy atom. The highest BCUT2D eigenvalue weighted by atomic mass is 16.5. The molecule has 0 heterocycles. The molecule has 0 saturated carbocycles. The number of benzene rings is 3. The molecule has 0 aliphatic heterocycles. The van der Waals surface area contributed by atoms with E-state index in [0.29, 0.717) is 0 Å². The van der Waals surface area contributed by atoms with E-state index in [0.717, 1.165) is 17.1 Å². The highest BCUT2D eigenvalue weighted by Gasteiger charge is 2.01. The first kappa shape index (κ1) is 15.1. The summed E-state index contributed by atoms with van der Waals surface area (Å²) in [4.78, 5) is 0. The molecule has 0 unspecified atom stereocenters. The van der Waals surface area contributed by atoms with Gasteiger partial charge in [0.05, 0.1) is 0 Å². The van der Waals surface area contributed by atoms with E-state index in [-0.39, 0.29) is 0 Å². The Bertz CT molecular complexity index is 794. The minimum absolute atomic E-state index is 0.844. The molecule has 1 heteroatoms. The van der Waals surface area contributed by atoms with Gasteiger partial charge in [0.15, 0.2) is 0 Å². The van der Waals surface area contributed by atoms with Crippen LogP contribution in [0.3, 0.4) is 0 Å². The number of hydrogen-bond donors (Lipinski definition) is 0. The molecular formula is C22H20O. The van der Waals surface area contributed by atoms with Gasteiger partial charge < -0.3 is 4.74 Å². The van der Waals surface area contributed by atoms with Crippen molar-refractivity contribution in [2.24, 2.45) is 0 Å². The van der Waals surface area contributed by atoms with Crippen LogP contribution in [0.2, 0.25) is 0 Å². The van der Waals surface area contributed by atoms with Crippen LogP contribution in [0.5, 0.6) is 11.5 Å². The van der Waals surface area contributed by atoms with E-state index < -0.39 is 0 Å². The number of hydrogen-bond acceptors (Lipinski definition) is 1. The predicted octanol–water partition coefficient (Wildman–Crippen LogP) is 6.49. The molecule has 0 bridgehead atoms.